The largest absolute Gasteiger partial charge is 0.870 e. The molecule has 0 saturated heterocycles. The third kappa shape index (κ3) is 461. The van der Waals surface area contributed by atoms with Gasteiger partial charge in [-0.2, -0.15) is 0 Å². The van der Waals surface area contributed by atoms with Crippen molar-refractivity contribution < 1.29 is 112 Å². The van der Waals surface area contributed by atoms with E-state index >= 15 is 0 Å². The summed E-state index contributed by atoms with van der Waals surface area (Å²) in [5, 5.41) is 0. The van der Waals surface area contributed by atoms with Crippen molar-refractivity contribution >= 4 is 0 Å². The maximum absolute atomic E-state index is 0. The van der Waals surface area contributed by atoms with Crippen molar-refractivity contribution in [3.63, 3.8) is 0 Å². The van der Waals surface area contributed by atoms with Crippen LogP contribution in [-0.2, 0) is 63.2 Å². The van der Waals surface area contributed by atoms with Crippen LogP contribution >= 0.6 is 0 Å². The SMILES string of the molecule is O.O.O.O.O.O.O.[OH-].[OH-].[W].[W].[W]. The molecule has 0 bridgehead atoms. The second kappa shape index (κ2) is 599. The van der Waals surface area contributed by atoms with E-state index in [4.69, 9.17) is 0 Å². The molecule has 9 nitrogen and oxygen atoms in total. The molecule has 0 amide bonds. The van der Waals surface area contributed by atoms with E-state index in [0.717, 1.165) is 0 Å². The van der Waals surface area contributed by atoms with Gasteiger partial charge in [-0.3, -0.25) is 0 Å². The predicted molar refractivity (Wildman–Crippen MR) is 29.2 cm³/mol. The van der Waals surface area contributed by atoms with Crippen LogP contribution in [0.4, 0.5) is 0 Å². The summed E-state index contributed by atoms with van der Waals surface area (Å²) in [6, 6.07) is 0. The standard InChI is InChI=1S/9H2O.3W/h9*1H2;;;/p-2. The minimum atomic E-state index is 0. The molecule has 16 N–H and O–H groups in total. The van der Waals surface area contributed by atoms with Crippen molar-refractivity contribution in [1.29, 1.82) is 0 Å². The van der Waals surface area contributed by atoms with Gasteiger partial charge in [-0.15, -0.1) is 0 Å². The molecule has 0 unspecified atom stereocenters. The predicted octanol–water partition coefficient (Wildman–Crippen LogP) is -6.13. The van der Waals surface area contributed by atoms with E-state index < -0.39 is 0 Å². The van der Waals surface area contributed by atoms with E-state index in [9.17, 15) is 0 Å². The fraction of sp³-hybridized carbons (Fsp3) is 0. The first-order chi connectivity index (χ1) is 0. The van der Waals surface area contributed by atoms with Crippen LogP contribution in [-0.4, -0.2) is 49.3 Å². The number of rotatable bonds is 0. The fourth-order valence-corrected chi connectivity index (χ4v) is 0. The van der Waals surface area contributed by atoms with Crippen LogP contribution in [0, 0.1) is 0 Å². The van der Waals surface area contributed by atoms with Crippen LogP contribution in [0.3, 0.4) is 0 Å². The van der Waals surface area contributed by atoms with Crippen LogP contribution < -0.4 is 0 Å². The van der Waals surface area contributed by atoms with Gasteiger partial charge in [0.15, 0.2) is 0 Å². The fourth-order valence-electron chi connectivity index (χ4n) is 0. The van der Waals surface area contributed by atoms with Crippen molar-refractivity contribution in [3.05, 3.63) is 0 Å². The van der Waals surface area contributed by atoms with E-state index in [0.29, 0.717) is 0 Å². The van der Waals surface area contributed by atoms with Gasteiger partial charge in [0.05, 0.1) is 0 Å². The van der Waals surface area contributed by atoms with Gasteiger partial charge in [0.25, 0.3) is 0 Å². The molecule has 0 aliphatic rings. The minimum Gasteiger partial charge on any atom is -0.870 e. The Morgan fingerprint density at radius 3 is 0.250 bits per heavy atom. The van der Waals surface area contributed by atoms with E-state index in [1.807, 2.05) is 0 Å². The van der Waals surface area contributed by atoms with Crippen LogP contribution in [0.25, 0.3) is 0 Å². The summed E-state index contributed by atoms with van der Waals surface area (Å²) < 4.78 is 0. The summed E-state index contributed by atoms with van der Waals surface area (Å²) in [4.78, 5) is 0. The molecule has 0 aromatic carbocycles. The zero-order valence-electron chi connectivity index (χ0n) is 5.62. The normalized spacial score (nSPS) is 0. The molecule has 0 aromatic heterocycles. The Kier molecular flexibility index (Phi) is 38000. The zero-order chi connectivity index (χ0) is 0. The molecule has 0 saturated carbocycles. The van der Waals surface area contributed by atoms with Crippen molar-refractivity contribution in [3.8, 4) is 0 Å². The van der Waals surface area contributed by atoms with Gasteiger partial charge in [0, 0.05) is 63.2 Å². The zero-order valence-corrected chi connectivity index (χ0v) is 14.4. The second-order valence-electron chi connectivity index (χ2n) is 0. The van der Waals surface area contributed by atoms with Crippen molar-refractivity contribution in [1.82, 2.24) is 0 Å². The van der Waals surface area contributed by atoms with E-state index in [1.165, 1.54) is 0 Å². The molecule has 0 fully saturated rings. The van der Waals surface area contributed by atoms with Gasteiger partial charge in [-0.1, -0.05) is 0 Å². The molecule has 0 spiro atoms. The number of hydrogen-bond acceptors (Lipinski definition) is 2. The first-order valence-corrected chi connectivity index (χ1v) is 0. The minimum absolute atomic E-state index is 0. The van der Waals surface area contributed by atoms with Crippen LogP contribution in [0.2, 0.25) is 0 Å². The Labute approximate surface area is 112 Å². The average Bonchev–Trinajstić information content (AvgIpc) is 0. The Morgan fingerprint density at radius 2 is 0.250 bits per heavy atom. The van der Waals surface area contributed by atoms with Gasteiger partial charge in [-0.05, 0) is 0 Å². The maximum atomic E-state index is 0. The first kappa shape index (κ1) is 761. The Morgan fingerprint density at radius 1 is 0.250 bits per heavy atom. The summed E-state index contributed by atoms with van der Waals surface area (Å²) in [6.07, 6.45) is 0. The summed E-state index contributed by atoms with van der Waals surface area (Å²) in [6.45, 7) is 0. The Balaban J connectivity index is 0. The molecule has 0 aromatic rings. The molecule has 0 atom stereocenters. The third-order valence-electron chi connectivity index (χ3n) is 0. The molecule has 0 aliphatic heterocycles. The number of hydrogen-bond donors (Lipinski definition) is 0. The quantitative estimate of drug-likeness (QED) is 0.237. The summed E-state index contributed by atoms with van der Waals surface area (Å²) >= 11 is 0. The first-order valence-electron chi connectivity index (χ1n) is 0. The van der Waals surface area contributed by atoms with Gasteiger partial charge in [0.1, 0.15) is 0 Å². The van der Waals surface area contributed by atoms with Gasteiger partial charge in [0.2, 0.25) is 0 Å². The summed E-state index contributed by atoms with van der Waals surface area (Å²) in [5.41, 5.74) is 0. The molecule has 0 aliphatic carbocycles. The summed E-state index contributed by atoms with van der Waals surface area (Å²) in [7, 11) is 0. The van der Waals surface area contributed by atoms with Crippen LogP contribution in [0.5, 0.6) is 0 Å². The van der Waals surface area contributed by atoms with Crippen LogP contribution in [0.1, 0.15) is 0 Å². The Bertz CT molecular complexity index is 9.74. The van der Waals surface area contributed by atoms with E-state index in [-0.39, 0.29) is 112 Å². The molecule has 0 rings (SSSR count). The molecule has 0 heterocycles. The van der Waals surface area contributed by atoms with Crippen molar-refractivity contribution in [2.24, 2.45) is 0 Å². The van der Waals surface area contributed by atoms with Gasteiger partial charge < -0.3 is 49.3 Å². The second-order valence-corrected chi connectivity index (χ2v) is 0. The van der Waals surface area contributed by atoms with Crippen molar-refractivity contribution in [2.75, 3.05) is 0 Å². The van der Waals surface area contributed by atoms with Crippen LogP contribution in [0.15, 0.2) is 0 Å². The van der Waals surface area contributed by atoms with Gasteiger partial charge in [-0.25, -0.2) is 0 Å². The molecular formula is H16O9W3-2. The molecule has 12 heteroatoms. The smallest absolute Gasteiger partial charge is 0 e. The van der Waals surface area contributed by atoms with E-state index in [2.05, 4.69) is 0 Å². The molecule has 12 heavy (non-hydrogen) atoms. The average molecular weight is 712 g/mol. The maximum Gasteiger partial charge on any atom is 0 e. The van der Waals surface area contributed by atoms with E-state index in [1.54, 1.807) is 0 Å². The topological polar surface area (TPSA) is 280 Å². The molecular weight excluding hydrogens is 696 g/mol. The van der Waals surface area contributed by atoms with Gasteiger partial charge >= 0.3 is 0 Å². The third-order valence-corrected chi connectivity index (χ3v) is 0. The summed E-state index contributed by atoms with van der Waals surface area (Å²) in [5.74, 6) is 0. The molecule has 0 radical (unpaired) electrons. The molecule has 90 valence electrons. The van der Waals surface area contributed by atoms with Crippen molar-refractivity contribution in [2.45, 2.75) is 0 Å². The monoisotopic (exact) mass is 712 g/mol. The Hall–Kier alpha value is 1.70.